The Morgan fingerprint density at radius 1 is 1.20 bits per heavy atom. The number of rotatable bonds is 2. The van der Waals surface area contributed by atoms with Gasteiger partial charge in [-0.3, -0.25) is 4.90 Å². The van der Waals surface area contributed by atoms with E-state index >= 15 is 0 Å². The highest BCUT2D eigenvalue weighted by Crippen LogP contribution is 2.29. The zero-order valence-corrected chi connectivity index (χ0v) is 9.45. The first-order chi connectivity index (χ1) is 7.43. The Labute approximate surface area is 92.2 Å². The maximum absolute atomic E-state index is 5.83. The fraction of sp³-hybridized carbons (Fsp3) is 1.00. The van der Waals surface area contributed by atoms with Crippen molar-refractivity contribution in [3.8, 4) is 0 Å². The first-order valence-corrected chi connectivity index (χ1v) is 6.52. The average Bonchev–Trinajstić information content (AvgIpc) is 2.87. The van der Waals surface area contributed by atoms with Gasteiger partial charge in [0.05, 0.1) is 12.7 Å². The van der Waals surface area contributed by atoms with Gasteiger partial charge in [0.1, 0.15) is 0 Å². The summed E-state index contributed by atoms with van der Waals surface area (Å²) in [6.07, 6.45) is 7.30. The van der Waals surface area contributed by atoms with Crippen molar-refractivity contribution in [3.05, 3.63) is 0 Å². The molecule has 0 aromatic heterocycles. The normalized spacial score (nSPS) is 42.0. The lowest BCUT2D eigenvalue weighted by Gasteiger charge is -2.39. The summed E-state index contributed by atoms with van der Waals surface area (Å²) in [6.45, 7) is 4.58. The molecular weight excluding hydrogens is 188 g/mol. The Hall–Kier alpha value is -0.120. The maximum Gasteiger partial charge on any atom is 0.0730 e. The minimum atomic E-state index is 0.556. The van der Waals surface area contributed by atoms with Crippen LogP contribution in [0, 0.1) is 0 Å². The molecule has 3 atom stereocenters. The number of nitrogens with zero attached hydrogens (tertiary/aromatic N) is 1. The Balaban J connectivity index is 1.59. The molecule has 0 bridgehead atoms. The molecule has 15 heavy (non-hydrogen) atoms. The molecule has 0 aromatic rings. The zero-order chi connectivity index (χ0) is 10.1. The Bertz CT molecular complexity index is 216. The zero-order valence-electron chi connectivity index (χ0n) is 9.45. The molecule has 86 valence electrons. The largest absolute Gasteiger partial charge is 0.375 e. The van der Waals surface area contributed by atoms with Crippen molar-refractivity contribution >= 4 is 0 Å². The molecule has 3 unspecified atom stereocenters. The third-order valence-electron chi connectivity index (χ3n) is 4.21. The molecule has 1 saturated carbocycles. The van der Waals surface area contributed by atoms with E-state index in [9.17, 15) is 0 Å². The molecule has 3 rings (SSSR count). The Morgan fingerprint density at radius 3 is 3.07 bits per heavy atom. The summed E-state index contributed by atoms with van der Waals surface area (Å²) in [4.78, 5) is 2.68. The van der Waals surface area contributed by atoms with Gasteiger partial charge in [0, 0.05) is 25.2 Å². The second kappa shape index (κ2) is 4.40. The van der Waals surface area contributed by atoms with Crippen LogP contribution in [0.5, 0.6) is 0 Å². The predicted octanol–water partition coefficient (Wildman–Crippen LogP) is 0.992. The highest BCUT2D eigenvalue weighted by molar-refractivity contribution is 4.91. The fourth-order valence-corrected chi connectivity index (χ4v) is 3.43. The van der Waals surface area contributed by atoms with E-state index in [4.69, 9.17) is 4.74 Å². The molecule has 2 heterocycles. The first-order valence-electron chi connectivity index (χ1n) is 6.52. The number of fused-ring (bicyclic) bond motifs is 1. The van der Waals surface area contributed by atoms with Crippen LogP contribution >= 0.6 is 0 Å². The van der Waals surface area contributed by atoms with Crippen LogP contribution in [-0.4, -0.2) is 49.3 Å². The standard InChI is InChI=1S/C12H22N2O/c1-4-11-12(5-1)15-8-7-14(11)9-10-3-2-6-13-10/h10-13H,1-9H2. The van der Waals surface area contributed by atoms with Crippen LogP contribution in [0.25, 0.3) is 0 Å². The summed E-state index contributed by atoms with van der Waals surface area (Å²) >= 11 is 0. The number of morpholine rings is 1. The van der Waals surface area contributed by atoms with Crippen LogP contribution in [0.4, 0.5) is 0 Å². The van der Waals surface area contributed by atoms with E-state index in [1.807, 2.05) is 0 Å². The Morgan fingerprint density at radius 2 is 2.20 bits per heavy atom. The average molecular weight is 210 g/mol. The van der Waals surface area contributed by atoms with E-state index in [-0.39, 0.29) is 0 Å². The van der Waals surface area contributed by atoms with Gasteiger partial charge in [0.2, 0.25) is 0 Å². The van der Waals surface area contributed by atoms with Crippen LogP contribution in [0.2, 0.25) is 0 Å². The quantitative estimate of drug-likeness (QED) is 0.735. The molecule has 2 saturated heterocycles. The number of nitrogens with one attached hydrogen (secondary N) is 1. The number of ether oxygens (including phenoxy) is 1. The molecule has 1 aliphatic carbocycles. The van der Waals surface area contributed by atoms with Gasteiger partial charge in [-0.1, -0.05) is 0 Å². The van der Waals surface area contributed by atoms with E-state index < -0.39 is 0 Å². The molecule has 1 N–H and O–H groups in total. The maximum atomic E-state index is 5.83. The molecule has 2 aliphatic heterocycles. The predicted molar refractivity (Wildman–Crippen MR) is 60.0 cm³/mol. The summed E-state index contributed by atoms with van der Waals surface area (Å²) in [7, 11) is 0. The molecular formula is C12H22N2O. The van der Waals surface area contributed by atoms with Crippen molar-refractivity contribution in [2.24, 2.45) is 0 Å². The van der Waals surface area contributed by atoms with E-state index in [1.165, 1.54) is 45.2 Å². The second-order valence-corrected chi connectivity index (χ2v) is 5.20. The van der Waals surface area contributed by atoms with Gasteiger partial charge in [-0.25, -0.2) is 0 Å². The smallest absolute Gasteiger partial charge is 0.0730 e. The van der Waals surface area contributed by atoms with Gasteiger partial charge in [-0.15, -0.1) is 0 Å². The van der Waals surface area contributed by atoms with Crippen molar-refractivity contribution in [3.63, 3.8) is 0 Å². The number of hydrogen-bond acceptors (Lipinski definition) is 3. The van der Waals surface area contributed by atoms with Gasteiger partial charge in [-0.05, 0) is 38.6 Å². The molecule has 0 spiro atoms. The van der Waals surface area contributed by atoms with E-state index in [2.05, 4.69) is 10.2 Å². The molecule has 3 aliphatic rings. The first kappa shape index (κ1) is 10.1. The summed E-state index contributed by atoms with van der Waals surface area (Å²) in [6, 6.07) is 1.49. The van der Waals surface area contributed by atoms with Crippen molar-refractivity contribution < 1.29 is 4.74 Å². The summed E-state index contributed by atoms with van der Waals surface area (Å²) < 4.78 is 5.83. The van der Waals surface area contributed by atoms with Crippen LogP contribution in [0.15, 0.2) is 0 Å². The monoisotopic (exact) mass is 210 g/mol. The minimum Gasteiger partial charge on any atom is -0.375 e. The van der Waals surface area contributed by atoms with Crippen LogP contribution < -0.4 is 5.32 Å². The molecule has 3 nitrogen and oxygen atoms in total. The Kier molecular flexibility index (Phi) is 2.95. The van der Waals surface area contributed by atoms with Crippen LogP contribution in [0.1, 0.15) is 32.1 Å². The van der Waals surface area contributed by atoms with Gasteiger partial charge < -0.3 is 10.1 Å². The summed E-state index contributed by atoms with van der Waals surface area (Å²) in [5.74, 6) is 0. The van der Waals surface area contributed by atoms with Gasteiger partial charge in [-0.2, -0.15) is 0 Å². The third kappa shape index (κ3) is 2.05. The molecule has 3 heteroatoms. The van der Waals surface area contributed by atoms with E-state index in [0.717, 1.165) is 25.2 Å². The molecule has 3 fully saturated rings. The van der Waals surface area contributed by atoms with E-state index in [0.29, 0.717) is 6.10 Å². The van der Waals surface area contributed by atoms with Crippen molar-refractivity contribution in [1.82, 2.24) is 10.2 Å². The second-order valence-electron chi connectivity index (χ2n) is 5.20. The minimum absolute atomic E-state index is 0.556. The summed E-state index contributed by atoms with van der Waals surface area (Å²) in [5.41, 5.74) is 0. The van der Waals surface area contributed by atoms with E-state index in [1.54, 1.807) is 0 Å². The number of hydrogen-bond donors (Lipinski definition) is 1. The van der Waals surface area contributed by atoms with Gasteiger partial charge in [0.25, 0.3) is 0 Å². The molecule has 0 radical (unpaired) electrons. The lowest BCUT2D eigenvalue weighted by Crippen LogP contribution is -2.52. The molecule has 0 amide bonds. The van der Waals surface area contributed by atoms with Crippen molar-refractivity contribution in [2.45, 2.75) is 50.3 Å². The van der Waals surface area contributed by atoms with Crippen LogP contribution in [-0.2, 0) is 4.74 Å². The molecule has 0 aromatic carbocycles. The highest BCUT2D eigenvalue weighted by Gasteiger charge is 2.36. The summed E-state index contributed by atoms with van der Waals surface area (Å²) in [5, 5.41) is 3.60. The SMILES string of the molecule is C1CNC(CN2CCOC3CCCC32)C1. The topological polar surface area (TPSA) is 24.5 Å². The third-order valence-corrected chi connectivity index (χ3v) is 4.21. The van der Waals surface area contributed by atoms with Crippen molar-refractivity contribution in [1.29, 1.82) is 0 Å². The lowest BCUT2D eigenvalue weighted by atomic mass is 10.1. The van der Waals surface area contributed by atoms with Gasteiger partial charge >= 0.3 is 0 Å². The lowest BCUT2D eigenvalue weighted by molar-refractivity contribution is -0.0576. The van der Waals surface area contributed by atoms with Gasteiger partial charge in [0.15, 0.2) is 0 Å². The fourth-order valence-electron chi connectivity index (χ4n) is 3.43. The van der Waals surface area contributed by atoms with Crippen molar-refractivity contribution in [2.75, 3.05) is 26.2 Å². The van der Waals surface area contributed by atoms with Crippen LogP contribution in [0.3, 0.4) is 0 Å². The highest BCUT2D eigenvalue weighted by atomic mass is 16.5.